The Balaban J connectivity index is 1.80. The van der Waals surface area contributed by atoms with Gasteiger partial charge in [-0.25, -0.2) is 9.97 Å². The van der Waals surface area contributed by atoms with Crippen LogP contribution in [0.4, 0.5) is 5.82 Å². The van der Waals surface area contributed by atoms with Crippen molar-refractivity contribution >= 4 is 16.6 Å². The van der Waals surface area contributed by atoms with E-state index in [1.807, 2.05) is 6.07 Å². The Morgan fingerprint density at radius 2 is 1.83 bits per heavy atom. The second-order valence-corrected chi connectivity index (χ2v) is 6.20. The van der Waals surface area contributed by atoms with E-state index in [-0.39, 0.29) is 5.41 Å². The Morgan fingerprint density at radius 1 is 1.04 bits per heavy atom. The minimum Gasteiger partial charge on any atom is -0.369 e. The van der Waals surface area contributed by atoms with E-state index in [1.165, 1.54) is 22.7 Å². The monoisotopic (exact) mass is 302 g/mol. The first-order valence-corrected chi connectivity index (χ1v) is 7.54. The van der Waals surface area contributed by atoms with E-state index in [4.69, 9.17) is 5.26 Å². The second-order valence-electron chi connectivity index (χ2n) is 6.20. The molecule has 0 aliphatic heterocycles. The van der Waals surface area contributed by atoms with Crippen LogP contribution in [-0.4, -0.2) is 16.5 Å². The number of rotatable bonds is 4. The minimum atomic E-state index is -0.0677. The number of benzene rings is 2. The summed E-state index contributed by atoms with van der Waals surface area (Å²) in [5.74, 6) is 0.672. The third kappa shape index (κ3) is 3.29. The van der Waals surface area contributed by atoms with Crippen LogP contribution in [0.25, 0.3) is 10.8 Å². The van der Waals surface area contributed by atoms with E-state index in [0.717, 1.165) is 0 Å². The summed E-state index contributed by atoms with van der Waals surface area (Å²) in [6.07, 6.45) is 1.41. The molecular weight excluding hydrogens is 284 g/mol. The highest BCUT2D eigenvalue weighted by Gasteiger charge is 2.21. The summed E-state index contributed by atoms with van der Waals surface area (Å²) in [4.78, 5) is 8.04. The Hall–Kier alpha value is -2.93. The maximum absolute atomic E-state index is 8.90. The lowest BCUT2D eigenvalue weighted by molar-refractivity contribution is 0.557. The van der Waals surface area contributed by atoms with Gasteiger partial charge >= 0.3 is 0 Å². The van der Waals surface area contributed by atoms with Crippen molar-refractivity contribution in [2.24, 2.45) is 0 Å². The molecule has 0 atom stereocenters. The molecule has 2 aromatic carbocycles. The first kappa shape index (κ1) is 15.0. The zero-order valence-corrected chi connectivity index (χ0v) is 13.2. The standard InChI is InChI=1S/C19H18N4/c1-19(2,12-21-18-10-17(11-20)22-13-23-18)16-8-7-14-5-3-4-6-15(14)9-16/h3-10,13H,12H2,1-2H3,(H,21,22,23). The lowest BCUT2D eigenvalue weighted by atomic mass is 9.83. The zero-order valence-electron chi connectivity index (χ0n) is 13.2. The molecule has 1 aromatic heterocycles. The number of hydrogen-bond donors (Lipinski definition) is 1. The first-order valence-electron chi connectivity index (χ1n) is 7.54. The molecule has 0 saturated heterocycles. The summed E-state index contributed by atoms with van der Waals surface area (Å²) in [5.41, 5.74) is 1.56. The van der Waals surface area contributed by atoms with Gasteiger partial charge in [-0.3, -0.25) is 0 Å². The average Bonchev–Trinajstić information content (AvgIpc) is 2.60. The van der Waals surface area contributed by atoms with Gasteiger partial charge in [0.1, 0.15) is 23.9 Å². The SMILES string of the molecule is CC(C)(CNc1cc(C#N)ncn1)c1ccc2ccccc2c1. The number of anilines is 1. The van der Waals surface area contributed by atoms with Crippen LogP contribution in [-0.2, 0) is 5.41 Å². The largest absolute Gasteiger partial charge is 0.369 e. The van der Waals surface area contributed by atoms with Crippen molar-refractivity contribution in [3.8, 4) is 6.07 Å². The first-order chi connectivity index (χ1) is 11.1. The fourth-order valence-electron chi connectivity index (χ4n) is 2.54. The van der Waals surface area contributed by atoms with Gasteiger partial charge in [-0.05, 0) is 16.3 Å². The molecule has 114 valence electrons. The van der Waals surface area contributed by atoms with E-state index in [1.54, 1.807) is 6.07 Å². The van der Waals surface area contributed by atoms with Gasteiger partial charge in [0.15, 0.2) is 0 Å². The van der Waals surface area contributed by atoms with Crippen molar-refractivity contribution in [2.45, 2.75) is 19.3 Å². The fraction of sp³-hybridized carbons (Fsp3) is 0.211. The summed E-state index contributed by atoms with van der Waals surface area (Å²) in [6, 6.07) is 18.6. The molecule has 1 N–H and O–H groups in total. The molecule has 4 heteroatoms. The molecule has 0 aliphatic rings. The van der Waals surface area contributed by atoms with E-state index in [2.05, 4.69) is 71.6 Å². The molecule has 0 unspecified atom stereocenters. The van der Waals surface area contributed by atoms with Crippen molar-refractivity contribution in [1.82, 2.24) is 9.97 Å². The van der Waals surface area contributed by atoms with Crippen LogP contribution in [0.15, 0.2) is 54.9 Å². The van der Waals surface area contributed by atoms with Crippen LogP contribution in [0.3, 0.4) is 0 Å². The Morgan fingerprint density at radius 3 is 2.61 bits per heavy atom. The summed E-state index contributed by atoms with van der Waals surface area (Å²) in [5, 5.41) is 14.7. The molecule has 0 bridgehead atoms. The third-order valence-electron chi connectivity index (χ3n) is 4.02. The highest BCUT2D eigenvalue weighted by Crippen LogP contribution is 2.27. The minimum absolute atomic E-state index is 0.0677. The van der Waals surface area contributed by atoms with E-state index in [0.29, 0.717) is 18.1 Å². The molecule has 0 spiro atoms. The molecule has 4 nitrogen and oxygen atoms in total. The molecule has 1 heterocycles. The van der Waals surface area contributed by atoms with Crippen LogP contribution in [0.2, 0.25) is 0 Å². The van der Waals surface area contributed by atoms with Crippen LogP contribution in [0.1, 0.15) is 25.1 Å². The number of nitriles is 1. The van der Waals surface area contributed by atoms with Gasteiger partial charge < -0.3 is 5.32 Å². The maximum Gasteiger partial charge on any atom is 0.145 e. The van der Waals surface area contributed by atoms with Gasteiger partial charge in [0.2, 0.25) is 0 Å². The molecule has 0 fully saturated rings. The highest BCUT2D eigenvalue weighted by atomic mass is 15.0. The van der Waals surface area contributed by atoms with Crippen molar-refractivity contribution in [3.05, 3.63) is 66.1 Å². The smallest absolute Gasteiger partial charge is 0.145 e. The van der Waals surface area contributed by atoms with E-state index >= 15 is 0 Å². The van der Waals surface area contributed by atoms with Gasteiger partial charge in [0.25, 0.3) is 0 Å². The number of fused-ring (bicyclic) bond motifs is 1. The third-order valence-corrected chi connectivity index (χ3v) is 4.02. The van der Waals surface area contributed by atoms with Gasteiger partial charge in [0.05, 0.1) is 0 Å². The second kappa shape index (κ2) is 6.05. The molecule has 3 rings (SSSR count). The van der Waals surface area contributed by atoms with Crippen molar-refractivity contribution in [1.29, 1.82) is 5.26 Å². The van der Waals surface area contributed by atoms with Crippen LogP contribution in [0.5, 0.6) is 0 Å². The maximum atomic E-state index is 8.90. The number of nitrogens with zero attached hydrogens (tertiary/aromatic N) is 3. The van der Waals surface area contributed by atoms with Gasteiger partial charge in [-0.2, -0.15) is 5.26 Å². The van der Waals surface area contributed by atoms with Crippen LogP contribution < -0.4 is 5.32 Å². The number of aromatic nitrogens is 2. The Bertz CT molecular complexity index is 878. The molecular formula is C19H18N4. The van der Waals surface area contributed by atoms with Gasteiger partial charge in [0, 0.05) is 18.0 Å². The van der Waals surface area contributed by atoms with Crippen molar-refractivity contribution in [2.75, 3.05) is 11.9 Å². The lowest BCUT2D eigenvalue weighted by Crippen LogP contribution is -2.28. The number of nitrogens with one attached hydrogen (secondary N) is 1. The molecule has 23 heavy (non-hydrogen) atoms. The summed E-state index contributed by atoms with van der Waals surface area (Å²) in [6.45, 7) is 5.10. The predicted molar refractivity (Wildman–Crippen MR) is 92.2 cm³/mol. The van der Waals surface area contributed by atoms with E-state index in [9.17, 15) is 0 Å². The normalized spacial score (nSPS) is 11.2. The molecule has 0 aliphatic carbocycles. The van der Waals surface area contributed by atoms with Crippen molar-refractivity contribution in [3.63, 3.8) is 0 Å². The molecule has 0 amide bonds. The highest BCUT2D eigenvalue weighted by molar-refractivity contribution is 5.83. The molecule has 0 saturated carbocycles. The quantitative estimate of drug-likeness (QED) is 0.794. The van der Waals surface area contributed by atoms with Gasteiger partial charge in [-0.15, -0.1) is 0 Å². The predicted octanol–water partition coefficient (Wildman–Crippen LogP) is 3.89. The topological polar surface area (TPSA) is 61.6 Å². The van der Waals surface area contributed by atoms with E-state index < -0.39 is 0 Å². The summed E-state index contributed by atoms with van der Waals surface area (Å²) in [7, 11) is 0. The Labute approximate surface area is 135 Å². The summed E-state index contributed by atoms with van der Waals surface area (Å²) >= 11 is 0. The summed E-state index contributed by atoms with van der Waals surface area (Å²) < 4.78 is 0. The van der Waals surface area contributed by atoms with Crippen LogP contribution in [0, 0.1) is 11.3 Å². The van der Waals surface area contributed by atoms with Crippen LogP contribution >= 0.6 is 0 Å². The Kier molecular flexibility index (Phi) is 3.94. The molecule has 0 radical (unpaired) electrons. The zero-order chi connectivity index (χ0) is 16.3. The van der Waals surface area contributed by atoms with Crippen molar-refractivity contribution < 1.29 is 0 Å². The number of hydrogen-bond acceptors (Lipinski definition) is 4. The lowest BCUT2D eigenvalue weighted by Gasteiger charge is -2.26. The molecule has 3 aromatic rings. The fourth-order valence-corrected chi connectivity index (χ4v) is 2.54. The van der Waals surface area contributed by atoms with Gasteiger partial charge in [-0.1, -0.05) is 56.3 Å². The average molecular weight is 302 g/mol.